The highest BCUT2D eigenvalue weighted by Crippen LogP contribution is 2.40. The van der Waals surface area contributed by atoms with E-state index in [-0.39, 0.29) is 17.9 Å². The standard InChI is InChI=1S/C14H19NO3/c1-2-5-15-6-7-17-14-11-8-10(16)3-4-13(11)18-9-12(14)15/h3-4,8,12,14,16H,2,5-7,9H2,1H3/t12?,14-/m1/s1. The summed E-state index contributed by atoms with van der Waals surface area (Å²) in [5, 5.41) is 9.62. The van der Waals surface area contributed by atoms with Crippen molar-refractivity contribution < 1.29 is 14.6 Å². The second-order valence-electron chi connectivity index (χ2n) is 4.93. The van der Waals surface area contributed by atoms with Gasteiger partial charge in [0.05, 0.1) is 12.6 Å². The van der Waals surface area contributed by atoms with Gasteiger partial charge in [0, 0.05) is 12.1 Å². The van der Waals surface area contributed by atoms with Crippen molar-refractivity contribution in [2.45, 2.75) is 25.5 Å². The summed E-state index contributed by atoms with van der Waals surface area (Å²) in [6, 6.07) is 5.52. The van der Waals surface area contributed by atoms with Crippen molar-refractivity contribution >= 4 is 0 Å². The fraction of sp³-hybridized carbons (Fsp3) is 0.571. The van der Waals surface area contributed by atoms with Crippen molar-refractivity contribution in [1.29, 1.82) is 0 Å². The second-order valence-corrected chi connectivity index (χ2v) is 4.93. The van der Waals surface area contributed by atoms with Crippen LogP contribution in [0.25, 0.3) is 0 Å². The van der Waals surface area contributed by atoms with Crippen molar-refractivity contribution in [3.8, 4) is 11.5 Å². The van der Waals surface area contributed by atoms with Crippen LogP contribution in [0.5, 0.6) is 11.5 Å². The summed E-state index contributed by atoms with van der Waals surface area (Å²) in [4.78, 5) is 2.43. The largest absolute Gasteiger partial charge is 0.508 e. The molecule has 1 fully saturated rings. The van der Waals surface area contributed by atoms with E-state index < -0.39 is 0 Å². The van der Waals surface area contributed by atoms with E-state index in [9.17, 15) is 5.11 Å². The normalized spacial score (nSPS) is 27.2. The summed E-state index contributed by atoms with van der Waals surface area (Å²) < 4.78 is 11.7. The first kappa shape index (κ1) is 11.8. The molecule has 4 nitrogen and oxygen atoms in total. The number of ether oxygens (including phenoxy) is 2. The number of rotatable bonds is 2. The van der Waals surface area contributed by atoms with Crippen molar-refractivity contribution in [3.63, 3.8) is 0 Å². The third-order valence-corrected chi connectivity index (χ3v) is 3.71. The van der Waals surface area contributed by atoms with Crippen LogP contribution in [0.1, 0.15) is 25.0 Å². The summed E-state index contributed by atoms with van der Waals surface area (Å²) >= 11 is 0. The lowest BCUT2D eigenvalue weighted by molar-refractivity contribution is -0.0956. The first-order chi connectivity index (χ1) is 8.79. The molecular weight excluding hydrogens is 230 g/mol. The molecule has 0 aromatic heterocycles. The monoisotopic (exact) mass is 249 g/mol. The van der Waals surface area contributed by atoms with Crippen LogP contribution < -0.4 is 4.74 Å². The fourth-order valence-corrected chi connectivity index (χ4v) is 2.88. The highest BCUT2D eigenvalue weighted by atomic mass is 16.5. The molecule has 0 spiro atoms. The Bertz CT molecular complexity index is 433. The van der Waals surface area contributed by atoms with Crippen molar-refractivity contribution in [1.82, 2.24) is 4.90 Å². The van der Waals surface area contributed by atoms with Crippen molar-refractivity contribution in [2.75, 3.05) is 26.3 Å². The summed E-state index contributed by atoms with van der Waals surface area (Å²) in [5.41, 5.74) is 0.979. The van der Waals surface area contributed by atoms with Crippen LogP contribution >= 0.6 is 0 Å². The van der Waals surface area contributed by atoms with Crippen LogP contribution in [0.15, 0.2) is 18.2 Å². The Labute approximate surface area is 107 Å². The molecule has 2 heterocycles. The average Bonchev–Trinajstić information content (AvgIpc) is 2.39. The van der Waals surface area contributed by atoms with Gasteiger partial charge in [-0.2, -0.15) is 0 Å². The van der Waals surface area contributed by atoms with Gasteiger partial charge >= 0.3 is 0 Å². The molecule has 2 atom stereocenters. The van der Waals surface area contributed by atoms with E-state index in [1.54, 1.807) is 12.1 Å². The van der Waals surface area contributed by atoms with Crippen molar-refractivity contribution in [2.24, 2.45) is 0 Å². The molecule has 4 heteroatoms. The summed E-state index contributed by atoms with van der Waals surface area (Å²) in [6.07, 6.45) is 1.16. The van der Waals surface area contributed by atoms with Crippen LogP contribution in [0, 0.1) is 0 Å². The van der Waals surface area contributed by atoms with Crippen LogP contribution in [-0.2, 0) is 4.74 Å². The summed E-state index contributed by atoms with van der Waals surface area (Å²) in [5.74, 6) is 1.11. The zero-order chi connectivity index (χ0) is 12.5. The van der Waals surface area contributed by atoms with Gasteiger partial charge < -0.3 is 14.6 Å². The minimum Gasteiger partial charge on any atom is -0.508 e. The van der Waals surface area contributed by atoms with Gasteiger partial charge in [0.1, 0.15) is 24.2 Å². The van der Waals surface area contributed by atoms with Gasteiger partial charge in [0.15, 0.2) is 0 Å². The molecule has 1 N–H and O–H groups in total. The molecule has 0 aliphatic carbocycles. The molecule has 0 amide bonds. The van der Waals surface area contributed by atoms with Gasteiger partial charge in [-0.1, -0.05) is 6.92 Å². The highest BCUT2D eigenvalue weighted by Gasteiger charge is 2.38. The summed E-state index contributed by atoms with van der Waals surface area (Å²) in [7, 11) is 0. The minimum atomic E-state index is 0.0288. The third kappa shape index (κ3) is 1.95. The van der Waals surface area contributed by atoms with Crippen LogP contribution in [0.4, 0.5) is 0 Å². The predicted octanol–water partition coefficient (Wildman–Crippen LogP) is 1.94. The number of fused-ring (bicyclic) bond motifs is 3. The molecule has 1 aromatic carbocycles. The Hall–Kier alpha value is -1.26. The zero-order valence-corrected chi connectivity index (χ0v) is 10.6. The first-order valence-corrected chi connectivity index (χ1v) is 6.61. The van der Waals surface area contributed by atoms with E-state index >= 15 is 0 Å². The zero-order valence-electron chi connectivity index (χ0n) is 10.6. The number of benzene rings is 1. The average molecular weight is 249 g/mol. The topological polar surface area (TPSA) is 41.9 Å². The van der Waals surface area contributed by atoms with Gasteiger partial charge in [-0.05, 0) is 31.2 Å². The lowest BCUT2D eigenvalue weighted by atomic mass is 9.96. The number of nitrogens with zero attached hydrogens (tertiary/aromatic N) is 1. The Balaban J connectivity index is 1.91. The molecule has 0 radical (unpaired) electrons. The Morgan fingerprint density at radius 1 is 1.44 bits per heavy atom. The van der Waals surface area contributed by atoms with Gasteiger partial charge in [-0.3, -0.25) is 4.90 Å². The van der Waals surface area contributed by atoms with E-state index in [0.29, 0.717) is 6.61 Å². The molecular formula is C14H19NO3. The van der Waals surface area contributed by atoms with Gasteiger partial charge in [-0.15, -0.1) is 0 Å². The Kier molecular flexibility index (Phi) is 3.14. The number of morpholine rings is 1. The maximum Gasteiger partial charge on any atom is 0.125 e. The number of phenolic OH excluding ortho intramolecular Hbond substituents is 1. The lowest BCUT2D eigenvalue weighted by Crippen LogP contribution is -2.52. The van der Waals surface area contributed by atoms with Crippen LogP contribution in [0.3, 0.4) is 0 Å². The van der Waals surface area contributed by atoms with E-state index in [1.807, 2.05) is 6.07 Å². The first-order valence-electron chi connectivity index (χ1n) is 6.61. The highest BCUT2D eigenvalue weighted by molar-refractivity contribution is 5.43. The molecule has 2 aliphatic heterocycles. The Morgan fingerprint density at radius 3 is 3.17 bits per heavy atom. The van der Waals surface area contributed by atoms with Gasteiger partial charge in [-0.25, -0.2) is 0 Å². The lowest BCUT2D eigenvalue weighted by Gasteiger charge is -2.44. The van der Waals surface area contributed by atoms with Crippen molar-refractivity contribution in [3.05, 3.63) is 23.8 Å². The fourth-order valence-electron chi connectivity index (χ4n) is 2.88. The summed E-state index contributed by atoms with van der Waals surface area (Å²) in [6.45, 7) is 5.64. The number of aromatic hydroxyl groups is 1. The predicted molar refractivity (Wildman–Crippen MR) is 67.9 cm³/mol. The van der Waals surface area contributed by atoms with Crippen LogP contribution in [-0.4, -0.2) is 42.4 Å². The molecule has 2 aliphatic rings. The molecule has 1 unspecified atom stereocenters. The van der Waals surface area contributed by atoms with E-state index in [0.717, 1.165) is 37.4 Å². The maximum atomic E-state index is 9.62. The quantitative estimate of drug-likeness (QED) is 0.869. The third-order valence-electron chi connectivity index (χ3n) is 3.71. The van der Waals surface area contributed by atoms with E-state index in [2.05, 4.69) is 11.8 Å². The molecule has 1 aromatic rings. The van der Waals surface area contributed by atoms with Crippen LogP contribution in [0.2, 0.25) is 0 Å². The number of phenols is 1. The minimum absolute atomic E-state index is 0.0288. The van der Waals surface area contributed by atoms with E-state index in [1.165, 1.54) is 0 Å². The van der Waals surface area contributed by atoms with Gasteiger partial charge in [0.2, 0.25) is 0 Å². The Morgan fingerprint density at radius 2 is 2.33 bits per heavy atom. The molecule has 3 rings (SSSR count). The molecule has 18 heavy (non-hydrogen) atoms. The maximum absolute atomic E-state index is 9.62. The number of hydrogen-bond acceptors (Lipinski definition) is 4. The molecule has 0 saturated carbocycles. The molecule has 0 bridgehead atoms. The number of hydrogen-bond donors (Lipinski definition) is 1. The van der Waals surface area contributed by atoms with E-state index in [4.69, 9.17) is 9.47 Å². The second kappa shape index (κ2) is 4.78. The molecule has 98 valence electrons. The SMILES string of the molecule is CCCN1CCO[C@@H]2c3cc(O)ccc3OCC21. The van der Waals surface area contributed by atoms with Gasteiger partial charge in [0.25, 0.3) is 0 Å². The molecule has 1 saturated heterocycles. The smallest absolute Gasteiger partial charge is 0.125 e.